The van der Waals surface area contributed by atoms with Crippen LogP contribution in [0.2, 0.25) is 0 Å². The topological polar surface area (TPSA) is 64.7 Å². The van der Waals surface area contributed by atoms with E-state index in [4.69, 9.17) is 24.4 Å². The number of hydrogen-bond acceptors (Lipinski definition) is 5. The van der Waals surface area contributed by atoms with E-state index in [1.165, 1.54) is 32.3 Å². The number of pyridine rings is 1. The molecule has 9 aromatic carbocycles. The minimum atomic E-state index is 0.625. The second kappa shape index (κ2) is 13.3. The number of fused-ring (bicyclic) bond motifs is 11. The van der Waals surface area contributed by atoms with Gasteiger partial charge in [-0.05, 0) is 61.6 Å². The Balaban J connectivity index is 1.00. The summed E-state index contributed by atoms with van der Waals surface area (Å²) in [5, 5.41) is 10.6. The molecule has 5 nitrogen and oxygen atoms in total. The van der Waals surface area contributed by atoms with Crippen LogP contribution in [0.3, 0.4) is 0 Å². The Labute approximate surface area is 338 Å². The highest BCUT2D eigenvalue weighted by atomic mass is 16.3. The molecule has 12 rings (SSSR count). The van der Waals surface area contributed by atoms with Gasteiger partial charge in [0.25, 0.3) is 0 Å². The maximum atomic E-state index is 6.68. The predicted molar refractivity (Wildman–Crippen MR) is 242 cm³/mol. The van der Waals surface area contributed by atoms with Gasteiger partial charge in [0.15, 0.2) is 23.1 Å². The number of hydrogen-bond donors (Lipinski definition) is 0. The Bertz CT molecular complexity index is 3500. The van der Waals surface area contributed by atoms with Crippen molar-refractivity contribution in [1.29, 1.82) is 0 Å². The summed E-state index contributed by atoms with van der Waals surface area (Å²) in [5.74, 6) is 1.90. The zero-order valence-corrected chi connectivity index (χ0v) is 31.7. The van der Waals surface area contributed by atoms with Crippen molar-refractivity contribution < 1.29 is 4.42 Å². The Morgan fingerprint density at radius 1 is 0.288 bits per heavy atom. The lowest BCUT2D eigenvalue weighted by Crippen LogP contribution is -2.00. The van der Waals surface area contributed by atoms with Crippen molar-refractivity contribution in [2.24, 2.45) is 0 Å². The van der Waals surface area contributed by atoms with Crippen molar-refractivity contribution in [3.63, 3.8) is 0 Å². The van der Waals surface area contributed by atoms with E-state index in [1.54, 1.807) is 0 Å². The minimum Gasteiger partial charge on any atom is -0.454 e. The van der Waals surface area contributed by atoms with Crippen LogP contribution in [0, 0.1) is 0 Å². The highest BCUT2D eigenvalue weighted by Crippen LogP contribution is 2.42. The molecule has 0 aliphatic carbocycles. The lowest BCUT2D eigenvalue weighted by molar-refractivity contribution is 0.669. The van der Waals surface area contributed by atoms with Gasteiger partial charge in [-0.25, -0.2) is 19.9 Å². The van der Waals surface area contributed by atoms with Crippen LogP contribution in [-0.4, -0.2) is 19.9 Å². The number of rotatable bonds is 5. The fourth-order valence-electron chi connectivity index (χ4n) is 8.67. The normalized spacial score (nSPS) is 11.7. The molecule has 274 valence electrons. The molecule has 5 heteroatoms. The van der Waals surface area contributed by atoms with Crippen molar-refractivity contribution in [3.8, 4) is 56.5 Å². The van der Waals surface area contributed by atoms with Crippen molar-refractivity contribution >= 4 is 65.2 Å². The first-order valence-electron chi connectivity index (χ1n) is 19.8. The van der Waals surface area contributed by atoms with Gasteiger partial charge >= 0.3 is 0 Å². The van der Waals surface area contributed by atoms with E-state index in [1.807, 2.05) is 72.8 Å². The zero-order chi connectivity index (χ0) is 38.9. The molecule has 0 N–H and O–H groups in total. The molecule has 0 radical (unpaired) electrons. The average molecular weight is 753 g/mol. The quantitative estimate of drug-likeness (QED) is 0.164. The molecule has 0 aliphatic heterocycles. The summed E-state index contributed by atoms with van der Waals surface area (Å²) in [6.07, 6.45) is 0. The SMILES string of the molecule is c1ccc(-c2nc(-c3ccccc3)nc(-c3ccc(-c4ccc5c(c4)nc(-c4ccc6c7ccccc7c7ccccc7c6c4)c4oc6ccccc6c45)cc3)n2)cc1. The summed E-state index contributed by atoms with van der Waals surface area (Å²) in [5.41, 5.74) is 9.32. The predicted octanol–water partition coefficient (Wildman–Crippen LogP) is 14.1. The van der Waals surface area contributed by atoms with Crippen LogP contribution in [0.1, 0.15) is 0 Å². The van der Waals surface area contributed by atoms with E-state index in [2.05, 4.69) is 121 Å². The maximum Gasteiger partial charge on any atom is 0.164 e. The Morgan fingerprint density at radius 2 is 0.729 bits per heavy atom. The van der Waals surface area contributed by atoms with E-state index >= 15 is 0 Å². The number of nitrogens with zero attached hydrogens (tertiary/aromatic N) is 4. The van der Waals surface area contributed by atoms with Gasteiger partial charge in [0.05, 0.1) is 5.52 Å². The minimum absolute atomic E-state index is 0.625. The molecule has 0 atom stereocenters. The molecule has 0 spiro atoms. The van der Waals surface area contributed by atoms with Gasteiger partial charge in [-0.3, -0.25) is 0 Å². The summed E-state index contributed by atoms with van der Waals surface area (Å²) in [4.78, 5) is 20.2. The lowest BCUT2D eigenvalue weighted by Gasteiger charge is -2.13. The third-order valence-corrected chi connectivity index (χ3v) is 11.5. The molecule has 3 aromatic heterocycles. The van der Waals surface area contributed by atoms with Gasteiger partial charge in [0.2, 0.25) is 0 Å². The summed E-state index contributed by atoms with van der Waals surface area (Å²) in [6.45, 7) is 0. The molecule has 0 amide bonds. The molecule has 0 unspecified atom stereocenters. The van der Waals surface area contributed by atoms with Crippen LogP contribution in [-0.2, 0) is 0 Å². The molecule has 0 saturated heterocycles. The smallest absolute Gasteiger partial charge is 0.164 e. The Morgan fingerprint density at radius 3 is 1.34 bits per heavy atom. The van der Waals surface area contributed by atoms with Crippen molar-refractivity contribution in [2.75, 3.05) is 0 Å². The van der Waals surface area contributed by atoms with E-state index in [-0.39, 0.29) is 0 Å². The Hall–Kier alpha value is -8.02. The molecule has 59 heavy (non-hydrogen) atoms. The van der Waals surface area contributed by atoms with Gasteiger partial charge in [-0.2, -0.15) is 0 Å². The molecule has 0 fully saturated rings. The van der Waals surface area contributed by atoms with Crippen molar-refractivity contribution in [3.05, 3.63) is 194 Å². The van der Waals surface area contributed by atoms with Crippen LogP contribution in [0.5, 0.6) is 0 Å². The highest BCUT2D eigenvalue weighted by molar-refractivity contribution is 6.26. The maximum absolute atomic E-state index is 6.68. The highest BCUT2D eigenvalue weighted by Gasteiger charge is 2.20. The summed E-state index contributed by atoms with van der Waals surface area (Å²) < 4.78 is 6.68. The van der Waals surface area contributed by atoms with Crippen LogP contribution in [0.4, 0.5) is 0 Å². The van der Waals surface area contributed by atoms with E-state index < -0.39 is 0 Å². The van der Waals surface area contributed by atoms with Crippen molar-refractivity contribution in [2.45, 2.75) is 0 Å². The number of aromatic nitrogens is 4. The number of furan rings is 1. The number of benzene rings is 9. The van der Waals surface area contributed by atoms with Gasteiger partial charge in [-0.1, -0.05) is 176 Å². The second-order valence-electron chi connectivity index (χ2n) is 15.0. The van der Waals surface area contributed by atoms with E-state index in [0.29, 0.717) is 17.5 Å². The van der Waals surface area contributed by atoms with Crippen LogP contribution < -0.4 is 0 Å². The molecule has 12 aromatic rings. The molecule has 0 aliphatic rings. The number of para-hydroxylation sites is 1. The molecule has 0 saturated carbocycles. The first kappa shape index (κ1) is 33.2. The lowest BCUT2D eigenvalue weighted by atomic mass is 9.92. The fraction of sp³-hybridized carbons (Fsp3) is 0. The van der Waals surface area contributed by atoms with Crippen LogP contribution in [0.15, 0.2) is 199 Å². The third kappa shape index (κ3) is 5.47. The first-order chi connectivity index (χ1) is 29.2. The van der Waals surface area contributed by atoms with Crippen LogP contribution >= 0.6 is 0 Å². The Kier molecular flexibility index (Phi) is 7.47. The van der Waals surface area contributed by atoms with Gasteiger partial charge in [0, 0.05) is 38.4 Å². The molecule has 3 heterocycles. The third-order valence-electron chi connectivity index (χ3n) is 11.5. The second-order valence-corrected chi connectivity index (χ2v) is 15.0. The monoisotopic (exact) mass is 752 g/mol. The van der Waals surface area contributed by atoms with Gasteiger partial charge < -0.3 is 4.42 Å². The van der Waals surface area contributed by atoms with Crippen LogP contribution in [0.25, 0.3) is 122 Å². The largest absolute Gasteiger partial charge is 0.454 e. The molecule has 0 bridgehead atoms. The zero-order valence-electron chi connectivity index (χ0n) is 31.7. The van der Waals surface area contributed by atoms with E-state index in [9.17, 15) is 0 Å². The van der Waals surface area contributed by atoms with Gasteiger partial charge in [0.1, 0.15) is 11.3 Å². The van der Waals surface area contributed by atoms with E-state index in [0.717, 1.165) is 71.9 Å². The summed E-state index contributed by atoms with van der Waals surface area (Å²) >= 11 is 0. The molecular formula is C54H32N4O. The van der Waals surface area contributed by atoms with Gasteiger partial charge in [-0.15, -0.1) is 0 Å². The van der Waals surface area contributed by atoms with Crippen molar-refractivity contribution in [1.82, 2.24) is 19.9 Å². The standard InChI is InChI=1S/C54H32N4O/c1-3-13-34(14-4-1)52-56-53(35-15-5-2-6-16-35)58-54(57-52)36-25-23-33(24-26-36)37-27-30-44-47(32-37)55-50(51-49(44)45-21-11-12-22-48(45)59-51)38-28-29-43-41-19-8-7-17-39(41)40-18-9-10-20-42(40)46(43)31-38/h1-32H. The summed E-state index contributed by atoms with van der Waals surface area (Å²) in [7, 11) is 0. The fourth-order valence-corrected chi connectivity index (χ4v) is 8.67. The first-order valence-corrected chi connectivity index (χ1v) is 19.8. The average Bonchev–Trinajstić information content (AvgIpc) is 3.72. The summed E-state index contributed by atoms with van der Waals surface area (Å²) in [6, 6.07) is 67.5. The molecular weight excluding hydrogens is 721 g/mol.